The van der Waals surface area contributed by atoms with Gasteiger partial charge in [0.15, 0.2) is 11.6 Å². The van der Waals surface area contributed by atoms with E-state index in [1.807, 2.05) is 12.1 Å². The highest BCUT2D eigenvalue weighted by Crippen LogP contribution is 2.27. The molecule has 1 unspecified atom stereocenters. The molecule has 0 aromatic heterocycles. The molecule has 0 heterocycles. The Bertz CT molecular complexity index is 586. The highest BCUT2D eigenvalue weighted by molar-refractivity contribution is 14.1. The molecule has 2 rings (SSSR count). The SMILES string of the molecule is NC(c1cc(F)c(F)cc1F)c1ccccc1I. The van der Waals surface area contributed by atoms with Gasteiger partial charge >= 0.3 is 0 Å². The minimum Gasteiger partial charge on any atom is -0.320 e. The third-order valence-electron chi connectivity index (χ3n) is 2.61. The van der Waals surface area contributed by atoms with Crippen molar-refractivity contribution in [3.63, 3.8) is 0 Å². The maximum atomic E-state index is 13.6. The normalized spacial score (nSPS) is 12.5. The Hall–Kier alpha value is -1.08. The summed E-state index contributed by atoms with van der Waals surface area (Å²) in [4.78, 5) is 0. The number of halogens is 4. The van der Waals surface area contributed by atoms with Gasteiger partial charge in [-0.2, -0.15) is 0 Å². The largest absolute Gasteiger partial charge is 0.320 e. The van der Waals surface area contributed by atoms with Gasteiger partial charge in [-0.1, -0.05) is 18.2 Å². The van der Waals surface area contributed by atoms with Crippen molar-refractivity contribution in [2.75, 3.05) is 0 Å². The van der Waals surface area contributed by atoms with E-state index in [1.54, 1.807) is 12.1 Å². The second-order valence-electron chi connectivity index (χ2n) is 3.79. The summed E-state index contributed by atoms with van der Waals surface area (Å²) in [5, 5.41) is 0. The lowest BCUT2D eigenvalue weighted by molar-refractivity contribution is 0.487. The minimum absolute atomic E-state index is 0.0574. The fourth-order valence-corrected chi connectivity index (χ4v) is 2.39. The van der Waals surface area contributed by atoms with Crippen molar-refractivity contribution < 1.29 is 13.2 Å². The van der Waals surface area contributed by atoms with Crippen molar-refractivity contribution in [1.29, 1.82) is 0 Å². The molecule has 0 saturated carbocycles. The Labute approximate surface area is 116 Å². The molecular formula is C13H9F3IN. The third-order valence-corrected chi connectivity index (χ3v) is 3.60. The zero-order chi connectivity index (χ0) is 13.3. The molecule has 0 fully saturated rings. The molecular weight excluding hydrogens is 354 g/mol. The van der Waals surface area contributed by atoms with Crippen molar-refractivity contribution in [2.45, 2.75) is 6.04 Å². The number of hydrogen-bond donors (Lipinski definition) is 1. The molecule has 2 N–H and O–H groups in total. The van der Waals surface area contributed by atoms with E-state index in [-0.39, 0.29) is 5.56 Å². The molecule has 0 radical (unpaired) electrons. The predicted octanol–water partition coefficient (Wildman–Crippen LogP) is 3.76. The van der Waals surface area contributed by atoms with Crippen molar-refractivity contribution >= 4 is 22.6 Å². The fraction of sp³-hybridized carbons (Fsp3) is 0.0769. The van der Waals surface area contributed by atoms with Crippen LogP contribution in [0.4, 0.5) is 13.2 Å². The van der Waals surface area contributed by atoms with Gasteiger partial charge in [0.2, 0.25) is 0 Å². The topological polar surface area (TPSA) is 26.0 Å². The summed E-state index contributed by atoms with van der Waals surface area (Å²) in [5.41, 5.74) is 6.52. The van der Waals surface area contributed by atoms with Crippen molar-refractivity contribution in [3.05, 3.63) is 68.5 Å². The molecule has 0 bridgehead atoms. The summed E-state index contributed by atoms with van der Waals surface area (Å²) >= 11 is 2.06. The van der Waals surface area contributed by atoms with Gasteiger partial charge in [-0.05, 0) is 40.3 Å². The molecule has 0 spiro atoms. The van der Waals surface area contributed by atoms with E-state index >= 15 is 0 Å². The number of rotatable bonds is 2. The van der Waals surface area contributed by atoms with Crippen LogP contribution < -0.4 is 5.73 Å². The van der Waals surface area contributed by atoms with E-state index in [1.165, 1.54) is 0 Å². The molecule has 2 aromatic carbocycles. The Balaban J connectivity index is 2.50. The van der Waals surface area contributed by atoms with Gasteiger partial charge in [0.1, 0.15) is 5.82 Å². The van der Waals surface area contributed by atoms with Crippen LogP contribution >= 0.6 is 22.6 Å². The molecule has 1 nitrogen and oxygen atoms in total. The van der Waals surface area contributed by atoms with Crippen LogP contribution in [0.15, 0.2) is 36.4 Å². The molecule has 18 heavy (non-hydrogen) atoms. The van der Waals surface area contributed by atoms with E-state index < -0.39 is 23.5 Å². The van der Waals surface area contributed by atoms with Gasteiger partial charge in [0, 0.05) is 15.2 Å². The van der Waals surface area contributed by atoms with Crippen LogP contribution in [-0.2, 0) is 0 Å². The highest BCUT2D eigenvalue weighted by Gasteiger charge is 2.18. The molecule has 2 aromatic rings. The van der Waals surface area contributed by atoms with Crippen molar-refractivity contribution in [3.8, 4) is 0 Å². The second-order valence-corrected chi connectivity index (χ2v) is 4.95. The lowest BCUT2D eigenvalue weighted by atomic mass is 9.99. The molecule has 0 amide bonds. The Morgan fingerprint density at radius 2 is 1.50 bits per heavy atom. The first-order valence-corrected chi connectivity index (χ1v) is 6.23. The average molecular weight is 363 g/mol. The fourth-order valence-electron chi connectivity index (χ4n) is 1.67. The number of nitrogens with two attached hydrogens (primary N) is 1. The van der Waals surface area contributed by atoms with Gasteiger partial charge < -0.3 is 5.73 Å². The molecule has 0 aliphatic carbocycles. The molecule has 94 valence electrons. The van der Waals surface area contributed by atoms with Gasteiger partial charge in [-0.3, -0.25) is 0 Å². The van der Waals surface area contributed by atoms with Gasteiger partial charge in [0.25, 0.3) is 0 Å². The number of benzene rings is 2. The van der Waals surface area contributed by atoms with Crippen LogP contribution in [0.2, 0.25) is 0 Å². The molecule has 0 aliphatic rings. The second kappa shape index (κ2) is 5.27. The third kappa shape index (κ3) is 2.51. The van der Waals surface area contributed by atoms with Crippen molar-refractivity contribution in [1.82, 2.24) is 0 Å². The van der Waals surface area contributed by atoms with E-state index in [0.717, 1.165) is 9.64 Å². The summed E-state index contributed by atoms with van der Waals surface area (Å²) in [6.45, 7) is 0. The summed E-state index contributed by atoms with van der Waals surface area (Å²) in [6, 6.07) is 7.61. The lowest BCUT2D eigenvalue weighted by Gasteiger charge is -2.15. The smallest absolute Gasteiger partial charge is 0.161 e. The first-order chi connectivity index (χ1) is 8.50. The van der Waals surface area contributed by atoms with E-state index in [4.69, 9.17) is 5.73 Å². The Morgan fingerprint density at radius 3 is 2.17 bits per heavy atom. The van der Waals surface area contributed by atoms with Gasteiger partial charge in [-0.15, -0.1) is 0 Å². The molecule has 0 aliphatic heterocycles. The van der Waals surface area contributed by atoms with Gasteiger partial charge in [0.05, 0.1) is 6.04 Å². The summed E-state index contributed by atoms with van der Waals surface area (Å²) in [7, 11) is 0. The predicted molar refractivity (Wildman–Crippen MR) is 71.5 cm³/mol. The Morgan fingerprint density at radius 1 is 0.889 bits per heavy atom. The molecule has 5 heteroatoms. The first-order valence-electron chi connectivity index (χ1n) is 5.15. The van der Waals surface area contributed by atoms with Crippen LogP contribution in [0.25, 0.3) is 0 Å². The van der Waals surface area contributed by atoms with E-state index in [2.05, 4.69) is 22.6 Å². The monoisotopic (exact) mass is 363 g/mol. The number of hydrogen-bond acceptors (Lipinski definition) is 1. The summed E-state index contributed by atoms with van der Waals surface area (Å²) < 4.78 is 40.4. The highest BCUT2D eigenvalue weighted by atomic mass is 127. The van der Waals surface area contributed by atoms with Crippen LogP contribution in [0.3, 0.4) is 0 Å². The van der Waals surface area contributed by atoms with Crippen LogP contribution in [0.1, 0.15) is 17.2 Å². The standard InChI is InChI=1S/C13H9F3IN/c14-9-6-11(16)10(15)5-8(9)13(18)7-3-1-2-4-12(7)17/h1-6,13H,18H2. The molecule has 0 saturated heterocycles. The lowest BCUT2D eigenvalue weighted by Crippen LogP contribution is -2.15. The van der Waals surface area contributed by atoms with Crippen LogP contribution in [0, 0.1) is 21.0 Å². The van der Waals surface area contributed by atoms with Crippen LogP contribution in [0.5, 0.6) is 0 Å². The maximum absolute atomic E-state index is 13.6. The van der Waals surface area contributed by atoms with Crippen molar-refractivity contribution in [2.24, 2.45) is 5.73 Å². The molecule has 1 atom stereocenters. The van der Waals surface area contributed by atoms with E-state index in [9.17, 15) is 13.2 Å². The zero-order valence-corrected chi connectivity index (χ0v) is 11.3. The summed E-state index contributed by atoms with van der Waals surface area (Å²) in [5.74, 6) is -3.17. The van der Waals surface area contributed by atoms with Crippen LogP contribution in [-0.4, -0.2) is 0 Å². The minimum atomic E-state index is -1.22. The quantitative estimate of drug-likeness (QED) is 0.638. The first kappa shape index (κ1) is 13.4. The maximum Gasteiger partial charge on any atom is 0.161 e. The zero-order valence-electron chi connectivity index (χ0n) is 9.13. The Kier molecular flexibility index (Phi) is 3.91. The van der Waals surface area contributed by atoms with E-state index in [0.29, 0.717) is 11.6 Å². The summed E-state index contributed by atoms with van der Waals surface area (Å²) in [6.07, 6.45) is 0. The van der Waals surface area contributed by atoms with Gasteiger partial charge in [-0.25, -0.2) is 13.2 Å². The average Bonchev–Trinajstić information content (AvgIpc) is 2.33.